The van der Waals surface area contributed by atoms with Crippen molar-refractivity contribution in [3.05, 3.63) is 39.7 Å². The lowest BCUT2D eigenvalue weighted by Gasteiger charge is -2.06. The summed E-state index contributed by atoms with van der Waals surface area (Å²) in [5.74, 6) is -0.838. The Hall–Kier alpha value is -2.17. The van der Waals surface area contributed by atoms with Crippen molar-refractivity contribution >= 4 is 16.9 Å². The summed E-state index contributed by atoms with van der Waals surface area (Å²) in [6.45, 7) is 4.17. The maximum Gasteiger partial charge on any atom is 0.360 e. The number of hydrogen-bond donors (Lipinski definition) is 2. The van der Waals surface area contributed by atoms with Crippen LogP contribution in [-0.2, 0) is 6.42 Å². The highest BCUT2D eigenvalue weighted by Gasteiger charge is 2.13. The van der Waals surface area contributed by atoms with Crippen molar-refractivity contribution in [3.63, 3.8) is 0 Å². The van der Waals surface area contributed by atoms with Crippen LogP contribution in [0.15, 0.2) is 23.0 Å². The Labute approximate surface area is 103 Å². The van der Waals surface area contributed by atoms with Gasteiger partial charge in [0.2, 0.25) is 11.1 Å². The van der Waals surface area contributed by atoms with E-state index in [1.54, 1.807) is 12.1 Å². The number of carboxylic acid groups (broad SMARTS) is 1. The van der Waals surface area contributed by atoms with Crippen molar-refractivity contribution in [2.24, 2.45) is 5.92 Å². The molecule has 0 bridgehead atoms. The number of rotatable bonds is 3. The van der Waals surface area contributed by atoms with E-state index in [-0.39, 0.29) is 0 Å². The van der Waals surface area contributed by atoms with Crippen molar-refractivity contribution in [1.82, 2.24) is 10.2 Å². The number of aromatic carboxylic acids is 1. The fraction of sp³-hybridized carbons (Fsp3) is 0.308. The topological polar surface area (TPSA) is 83.1 Å². The highest BCUT2D eigenvalue weighted by molar-refractivity contribution is 5.90. The minimum atomic E-state index is -1.31. The number of nitrogens with zero attached hydrogens (tertiary/aromatic N) is 1. The molecule has 5 heteroatoms. The molecule has 0 radical (unpaired) electrons. The molecule has 94 valence electrons. The third-order valence-corrected chi connectivity index (χ3v) is 2.68. The van der Waals surface area contributed by atoms with Crippen molar-refractivity contribution < 1.29 is 9.90 Å². The Morgan fingerprint density at radius 3 is 2.78 bits per heavy atom. The molecule has 0 fully saturated rings. The molecule has 0 atom stereocenters. The van der Waals surface area contributed by atoms with E-state index in [2.05, 4.69) is 24.0 Å². The Morgan fingerprint density at radius 2 is 2.17 bits per heavy atom. The number of benzene rings is 1. The van der Waals surface area contributed by atoms with Gasteiger partial charge >= 0.3 is 5.97 Å². The Bertz CT molecular complexity index is 659. The van der Waals surface area contributed by atoms with E-state index < -0.39 is 17.1 Å². The van der Waals surface area contributed by atoms with Gasteiger partial charge in [-0.1, -0.05) is 19.9 Å². The highest BCUT2D eigenvalue weighted by Crippen LogP contribution is 2.13. The molecule has 0 aliphatic heterocycles. The maximum atomic E-state index is 11.9. The Balaban J connectivity index is 2.63. The molecule has 0 amide bonds. The first-order chi connectivity index (χ1) is 8.49. The molecule has 2 aromatic rings. The quantitative estimate of drug-likeness (QED) is 0.865. The molecule has 5 nitrogen and oxygen atoms in total. The summed E-state index contributed by atoms with van der Waals surface area (Å²) in [5, 5.41) is 15.4. The van der Waals surface area contributed by atoms with Crippen molar-refractivity contribution in [1.29, 1.82) is 0 Å². The zero-order valence-corrected chi connectivity index (χ0v) is 10.2. The number of hydrogen-bond acceptors (Lipinski definition) is 3. The first-order valence-electron chi connectivity index (χ1n) is 5.73. The molecule has 18 heavy (non-hydrogen) atoms. The lowest BCUT2D eigenvalue weighted by Crippen LogP contribution is -2.18. The molecule has 2 N–H and O–H groups in total. The van der Waals surface area contributed by atoms with Crippen LogP contribution < -0.4 is 5.43 Å². The van der Waals surface area contributed by atoms with Gasteiger partial charge in [0.15, 0.2) is 0 Å². The van der Waals surface area contributed by atoms with Crippen LogP contribution in [0.5, 0.6) is 0 Å². The van der Waals surface area contributed by atoms with E-state index in [0.29, 0.717) is 16.8 Å². The summed E-state index contributed by atoms with van der Waals surface area (Å²) in [7, 11) is 0. The molecule has 0 spiro atoms. The summed E-state index contributed by atoms with van der Waals surface area (Å²) in [5.41, 5.74) is 0.564. The van der Waals surface area contributed by atoms with Gasteiger partial charge in [-0.05, 0) is 30.0 Å². The molecule has 0 unspecified atom stereocenters. The zero-order valence-electron chi connectivity index (χ0n) is 10.2. The lowest BCUT2D eigenvalue weighted by molar-refractivity contribution is 0.0688. The van der Waals surface area contributed by atoms with E-state index in [1.807, 2.05) is 6.07 Å². The number of aromatic amines is 1. The van der Waals surface area contributed by atoms with Crippen LogP contribution in [-0.4, -0.2) is 21.3 Å². The predicted molar refractivity (Wildman–Crippen MR) is 67.9 cm³/mol. The lowest BCUT2D eigenvalue weighted by atomic mass is 10.0. The largest absolute Gasteiger partial charge is 0.476 e. The van der Waals surface area contributed by atoms with E-state index in [4.69, 9.17) is 5.11 Å². The van der Waals surface area contributed by atoms with Gasteiger partial charge in [0.05, 0.1) is 5.52 Å². The Kier molecular flexibility index (Phi) is 3.14. The smallest absolute Gasteiger partial charge is 0.360 e. The fourth-order valence-electron chi connectivity index (χ4n) is 1.91. The summed E-state index contributed by atoms with van der Waals surface area (Å²) in [6, 6.07) is 5.41. The number of fused-ring (bicyclic) bond motifs is 1. The SMILES string of the molecule is CC(C)Cc1ccc2[nH]nc(C(=O)O)c(=O)c2c1. The minimum Gasteiger partial charge on any atom is -0.476 e. The monoisotopic (exact) mass is 246 g/mol. The van der Waals surface area contributed by atoms with Gasteiger partial charge in [-0.15, -0.1) is 0 Å². The first-order valence-corrected chi connectivity index (χ1v) is 5.73. The summed E-state index contributed by atoms with van der Waals surface area (Å²) in [6.07, 6.45) is 0.847. The van der Waals surface area contributed by atoms with Crippen LogP contribution in [0.4, 0.5) is 0 Å². The molecule has 0 aliphatic rings. The summed E-state index contributed by atoms with van der Waals surface area (Å²) >= 11 is 0. The van der Waals surface area contributed by atoms with E-state index in [1.165, 1.54) is 0 Å². The molecule has 1 heterocycles. The van der Waals surface area contributed by atoms with Gasteiger partial charge in [-0.25, -0.2) is 4.79 Å². The summed E-state index contributed by atoms with van der Waals surface area (Å²) in [4.78, 5) is 22.8. The van der Waals surface area contributed by atoms with Gasteiger partial charge in [0.1, 0.15) is 0 Å². The standard InChI is InChI=1S/C13H14N2O3/c1-7(2)5-8-3-4-10-9(6-8)12(16)11(13(17)18)15-14-10/h3-4,6-7H,5H2,1-2H3,(H,14,16)(H,17,18). The average Bonchev–Trinajstić information content (AvgIpc) is 2.29. The third kappa shape index (κ3) is 2.25. The van der Waals surface area contributed by atoms with Crippen molar-refractivity contribution in [2.45, 2.75) is 20.3 Å². The molecule has 1 aromatic carbocycles. The van der Waals surface area contributed by atoms with Crippen LogP contribution in [0.2, 0.25) is 0 Å². The van der Waals surface area contributed by atoms with Crippen LogP contribution >= 0.6 is 0 Å². The molecule has 0 saturated heterocycles. The van der Waals surface area contributed by atoms with Crippen LogP contribution in [0, 0.1) is 5.92 Å². The van der Waals surface area contributed by atoms with E-state index in [0.717, 1.165) is 12.0 Å². The van der Waals surface area contributed by atoms with E-state index >= 15 is 0 Å². The average molecular weight is 246 g/mol. The van der Waals surface area contributed by atoms with Gasteiger partial charge in [0, 0.05) is 5.39 Å². The van der Waals surface area contributed by atoms with Gasteiger partial charge in [-0.3, -0.25) is 9.89 Å². The second-order valence-electron chi connectivity index (χ2n) is 4.68. The fourth-order valence-corrected chi connectivity index (χ4v) is 1.91. The minimum absolute atomic E-state index is 0.376. The molecular formula is C13H14N2O3. The number of H-pyrrole nitrogens is 1. The molecule has 0 saturated carbocycles. The van der Waals surface area contributed by atoms with Gasteiger partial charge in [-0.2, -0.15) is 5.10 Å². The molecule has 1 aromatic heterocycles. The zero-order chi connectivity index (χ0) is 13.3. The molecule has 0 aliphatic carbocycles. The second kappa shape index (κ2) is 4.60. The van der Waals surface area contributed by atoms with Crippen molar-refractivity contribution in [2.75, 3.05) is 0 Å². The maximum absolute atomic E-state index is 11.9. The number of nitrogens with one attached hydrogen (secondary N) is 1. The van der Waals surface area contributed by atoms with Gasteiger partial charge < -0.3 is 5.11 Å². The highest BCUT2D eigenvalue weighted by atomic mass is 16.4. The predicted octanol–water partition coefficient (Wildman–Crippen LogP) is 1.82. The van der Waals surface area contributed by atoms with Crippen LogP contribution in [0.1, 0.15) is 29.9 Å². The number of carboxylic acids is 1. The normalized spacial score (nSPS) is 11.1. The van der Waals surface area contributed by atoms with Crippen LogP contribution in [0.3, 0.4) is 0 Å². The third-order valence-electron chi connectivity index (χ3n) is 2.68. The Morgan fingerprint density at radius 1 is 1.44 bits per heavy atom. The van der Waals surface area contributed by atoms with E-state index in [9.17, 15) is 9.59 Å². The molecular weight excluding hydrogens is 232 g/mol. The second-order valence-corrected chi connectivity index (χ2v) is 4.68. The number of carbonyl (C=O) groups is 1. The first kappa shape index (κ1) is 12.3. The van der Waals surface area contributed by atoms with Crippen LogP contribution in [0.25, 0.3) is 10.9 Å². The number of aromatic nitrogens is 2. The summed E-state index contributed by atoms with van der Waals surface area (Å²) < 4.78 is 0. The van der Waals surface area contributed by atoms with Gasteiger partial charge in [0.25, 0.3) is 0 Å². The molecule has 2 rings (SSSR count). The van der Waals surface area contributed by atoms with Crippen molar-refractivity contribution in [3.8, 4) is 0 Å².